The Morgan fingerprint density at radius 1 is 1.17 bits per heavy atom. The molecule has 1 aliphatic rings. The van der Waals surface area contributed by atoms with Gasteiger partial charge in [0, 0.05) is 30.9 Å². The lowest BCUT2D eigenvalue weighted by Gasteiger charge is -2.16. The zero-order chi connectivity index (χ0) is 13.0. The third-order valence-electron chi connectivity index (χ3n) is 2.79. The summed E-state index contributed by atoms with van der Waals surface area (Å²) in [5.41, 5.74) is 1.17. The number of nitrogens with zero attached hydrogens (tertiary/aromatic N) is 1. The molecule has 2 rings (SSSR count). The number of ketones is 2. The molecule has 0 radical (unpaired) electrons. The molecule has 3 heteroatoms. The van der Waals surface area contributed by atoms with Crippen LogP contribution in [0.15, 0.2) is 54.3 Å². The first-order valence-electron chi connectivity index (χ1n) is 5.87. The maximum atomic E-state index is 12.0. The lowest BCUT2D eigenvalue weighted by Crippen LogP contribution is -2.18. The van der Waals surface area contributed by atoms with Crippen molar-refractivity contribution in [2.24, 2.45) is 0 Å². The van der Waals surface area contributed by atoms with Gasteiger partial charge in [0.25, 0.3) is 0 Å². The van der Waals surface area contributed by atoms with Crippen LogP contribution in [0, 0.1) is 0 Å². The Kier molecular flexibility index (Phi) is 3.72. The van der Waals surface area contributed by atoms with E-state index in [0.29, 0.717) is 11.1 Å². The van der Waals surface area contributed by atoms with E-state index < -0.39 is 0 Å². The number of rotatable bonds is 4. The summed E-state index contributed by atoms with van der Waals surface area (Å²) in [6.45, 7) is 0.795. The van der Waals surface area contributed by atoms with Crippen molar-refractivity contribution >= 4 is 11.6 Å². The smallest absolute Gasteiger partial charge is 0.172 e. The van der Waals surface area contributed by atoms with Crippen LogP contribution < -0.4 is 0 Å². The highest BCUT2D eigenvalue weighted by Crippen LogP contribution is 2.11. The van der Waals surface area contributed by atoms with Crippen LogP contribution >= 0.6 is 0 Å². The fraction of sp³-hybridized carbons (Fsp3) is 0.200. The Balaban J connectivity index is 2.04. The first kappa shape index (κ1) is 12.3. The van der Waals surface area contributed by atoms with Crippen molar-refractivity contribution in [3.05, 3.63) is 59.8 Å². The molecule has 3 nitrogen and oxygen atoms in total. The van der Waals surface area contributed by atoms with E-state index in [2.05, 4.69) is 0 Å². The molecule has 0 saturated carbocycles. The predicted octanol–water partition coefficient (Wildman–Crippen LogP) is 2.21. The number of hydrogen-bond acceptors (Lipinski definition) is 3. The quantitative estimate of drug-likeness (QED) is 0.599. The van der Waals surface area contributed by atoms with Crippen LogP contribution in [0.4, 0.5) is 0 Å². The molecule has 1 aromatic carbocycles. The summed E-state index contributed by atoms with van der Waals surface area (Å²) in [6.07, 6.45) is 5.40. The Morgan fingerprint density at radius 2 is 1.89 bits per heavy atom. The SMILES string of the molecule is CN1C=C(C(=O)CC(=O)c2ccccc2)C=CC1. The zero-order valence-corrected chi connectivity index (χ0v) is 10.3. The fourth-order valence-electron chi connectivity index (χ4n) is 1.82. The molecule has 0 aromatic heterocycles. The molecule has 1 aliphatic heterocycles. The van der Waals surface area contributed by atoms with Gasteiger partial charge in [-0.05, 0) is 0 Å². The van der Waals surface area contributed by atoms with E-state index in [-0.39, 0.29) is 18.0 Å². The van der Waals surface area contributed by atoms with Gasteiger partial charge in [-0.1, -0.05) is 42.5 Å². The second kappa shape index (κ2) is 5.45. The number of benzene rings is 1. The van der Waals surface area contributed by atoms with Crippen LogP contribution in [0.2, 0.25) is 0 Å². The van der Waals surface area contributed by atoms with Gasteiger partial charge < -0.3 is 4.90 Å². The van der Waals surface area contributed by atoms with Gasteiger partial charge >= 0.3 is 0 Å². The van der Waals surface area contributed by atoms with E-state index in [1.165, 1.54) is 0 Å². The number of allylic oxidation sites excluding steroid dienone is 2. The monoisotopic (exact) mass is 241 g/mol. The molecule has 0 fully saturated rings. The summed E-state index contributed by atoms with van der Waals surface area (Å²) in [7, 11) is 1.90. The number of carbonyl (C=O) groups is 2. The highest BCUT2D eigenvalue weighted by Gasteiger charge is 2.15. The van der Waals surface area contributed by atoms with Crippen molar-refractivity contribution in [2.45, 2.75) is 6.42 Å². The minimum atomic E-state index is -0.136. The largest absolute Gasteiger partial charge is 0.376 e. The normalized spacial score (nSPS) is 14.3. The van der Waals surface area contributed by atoms with Crippen molar-refractivity contribution in [1.82, 2.24) is 4.90 Å². The van der Waals surface area contributed by atoms with Crippen LogP contribution in [0.3, 0.4) is 0 Å². The Labute approximate surface area is 106 Å². The Morgan fingerprint density at radius 3 is 2.56 bits per heavy atom. The van der Waals surface area contributed by atoms with E-state index >= 15 is 0 Å². The average molecular weight is 241 g/mol. The highest BCUT2D eigenvalue weighted by molar-refractivity contribution is 6.14. The molecule has 1 heterocycles. The molecule has 0 saturated heterocycles. The molecule has 0 aliphatic carbocycles. The highest BCUT2D eigenvalue weighted by atomic mass is 16.1. The van der Waals surface area contributed by atoms with E-state index in [1.54, 1.807) is 36.5 Å². The average Bonchev–Trinajstić information content (AvgIpc) is 2.39. The van der Waals surface area contributed by atoms with Crippen molar-refractivity contribution in [3.8, 4) is 0 Å². The van der Waals surface area contributed by atoms with Gasteiger partial charge in [0.05, 0.1) is 6.42 Å². The summed E-state index contributed by atoms with van der Waals surface area (Å²) in [5, 5.41) is 0. The van der Waals surface area contributed by atoms with Crippen LogP contribution in [0.25, 0.3) is 0 Å². The van der Waals surface area contributed by atoms with Gasteiger partial charge in [0.1, 0.15) is 0 Å². The van der Waals surface area contributed by atoms with E-state index in [0.717, 1.165) is 6.54 Å². The van der Waals surface area contributed by atoms with Gasteiger partial charge in [-0.15, -0.1) is 0 Å². The van der Waals surface area contributed by atoms with E-state index in [4.69, 9.17) is 0 Å². The Bertz CT molecular complexity index is 515. The maximum Gasteiger partial charge on any atom is 0.172 e. The third kappa shape index (κ3) is 2.94. The molecule has 0 N–H and O–H groups in total. The van der Waals surface area contributed by atoms with Crippen LogP contribution in [-0.2, 0) is 4.79 Å². The minimum absolute atomic E-state index is 0.0754. The summed E-state index contributed by atoms with van der Waals surface area (Å²) in [5.74, 6) is -0.269. The molecule has 1 aromatic rings. The van der Waals surface area contributed by atoms with E-state index in [1.807, 2.05) is 24.1 Å². The minimum Gasteiger partial charge on any atom is -0.376 e. The van der Waals surface area contributed by atoms with E-state index in [9.17, 15) is 9.59 Å². The summed E-state index contributed by atoms with van der Waals surface area (Å²) in [4.78, 5) is 25.8. The fourth-order valence-corrected chi connectivity index (χ4v) is 1.82. The molecular formula is C15H15NO2. The standard InChI is InChI=1S/C15H15NO2/c1-16-9-5-8-13(11-16)15(18)10-14(17)12-6-3-2-4-7-12/h2-8,11H,9-10H2,1H3. The number of hydrogen-bond donors (Lipinski definition) is 0. The van der Waals surface area contributed by atoms with Crippen LogP contribution in [0.5, 0.6) is 0 Å². The molecule has 0 spiro atoms. The summed E-state index contributed by atoms with van der Waals surface area (Å²) < 4.78 is 0. The molecule has 18 heavy (non-hydrogen) atoms. The first-order chi connectivity index (χ1) is 8.66. The molecule has 92 valence electrons. The van der Waals surface area contributed by atoms with Gasteiger partial charge in [-0.25, -0.2) is 0 Å². The second-order valence-electron chi connectivity index (χ2n) is 4.32. The topological polar surface area (TPSA) is 37.4 Å². The molecule has 0 atom stereocenters. The van der Waals surface area contributed by atoms with Crippen molar-refractivity contribution in [3.63, 3.8) is 0 Å². The summed E-state index contributed by atoms with van der Waals surface area (Å²) >= 11 is 0. The molecule has 0 amide bonds. The number of likely N-dealkylation sites (N-methyl/N-ethyl adjacent to an activating group) is 1. The maximum absolute atomic E-state index is 12.0. The zero-order valence-electron chi connectivity index (χ0n) is 10.3. The number of Topliss-reactive ketones (excluding diaryl/α,β-unsaturated/α-hetero) is 2. The van der Waals surface area contributed by atoms with Gasteiger partial charge in [0.15, 0.2) is 11.6 Å². The van der Waals surface area contributed by atoms with Gasteiger partial charge in [-0.3, -0.25) is 9.59 Å². The van der Waals surface area contributed by atoms with Crippen LogP contribution in [0.1, 0.15) is 16.8 Å². The van der Waals surface area contributed by atoms with Crippen molar-refractivity contribution < 1.29 is 9.59 Å². The molecule has 0 bridgehead atoms. The first-order valence-corrected chi connectivity index (χ1v) is 5.87. The number of carbonyl (C=O) groups excluding carboxylic acids is 2. The van der Waals surface area contributed by atoms with Gasteiger partial charge in [0.2, 0.25) is 0 Å². The molecule has 0 unspecified atom stereocenters. The lowest BCUT2D eigenvalue weighted by molar-refractivity contribution is -0.114. The Hall–Kier alpha value is -2.16. The third-order valence-corrected chi connectivity index (χ3v) is 2.79. The van der Waals surface area contributed by atoms with Crippen molar-refractivity contribution in [1.29, 1.82) is 0 Å². The summed E-state index contributed by atoms with van der Waals surface area (Å²) in [6, 6.07) is 8.90. The predicted molar refractivity (Wildman–Crippen MR) is 70.2 cm³/mol. The van der Waals surface area contributed by atoms with Crippen molar-refractivity contribution in [2.75, 3.05) is 13.6 Å². The second-order valence-corrected chi connectivity index (χ2v) is 4.32. The van der Waals surface area contributed by atoms with Gasteiger partial charge in [-0.2, -0.15) is 0 Å². The molecular weight excluding hydrogens is 226 g/mol. The lowest BCUT2D eigenvalue weighted by atomic mass is 10.0. The van der Waals surface area contributed by atoms with Crippen LogP contribution in [-0.4, -0.2) is 30.1 Å².